The van der Waals surface area contributed by atoms with Gasteiger partial charge < -0.3 is 28.4 Å². The molecule has 0 N–H and O–H groups in total. The molecule has 0 aromatic carbocycles. The number of esters is 5. The average molecular weight is 674 g/mol. The van der Waals surface area contributed by atoms with Gasteiger partial charge in [-0.2, -0.15) is 65.9 Å². The van der Waals surface area contributed by atoms with Gasteiger partial charge >= 0.3 is 60.7 Å². The summed E-state index contributed by atoms with van der Waals surface area (Å²) in [6.45, 7) is 0. The van der Waals surface area contributed by atoms with Gasteiger partial charge in [-0.15, -0.1) is 0 Å². The van der Waals surface area contributed by atoms with Gasteiger partial charge in [-0.1, -0.05) is 0 Å². The van der Waals surface area contributed by atoms with Crippen LogP contribution in [-0.4, -0.2) is 104 Å². The fourth-order valence-corrected chi connectivity index (χ4v) is 3.01. The van der Waals surface area contributed by atoms with Gasteiger partial charge in [0.2, 0.25) is 0 Å². The monoisotopic (exact) mass is 674 g/mol. The van der Waals surface area contributed by atoms with Crippen molar-refractivity contribution in [3.63, 3.8) is 0 Å². The quantitative estimate of drug-likeness (QED) is 0.233. The van der Waals surface area contributed by atoms with Gasteiger partial charge in [0.05, 0.1) is 0 Å². The Hall–Kier alpha value is -3.74. The summed E-state index contributed by atoms with van der Waals surface area (Å²) in [6, 6.07) is 0. The molecule has 1 aliphatic carbocycles. The topological polar surface area (TPSA) is 141 Å². The van der Waals surface area contributed by atoms with E-state index in [1.807, 2.05) is 0 Å². The van der Waals surface area contributed by atoms with Crippen molar-refractivity contribution in [3.8, 4) is 0 Å². The molecule has 26 heteroatoms. The molecular weight excluding hydrogens is 665 g/mol. The Balaban J connectivity index is 4.08. The molecule has 0 amide bonds. The van der Waals surface area contributed by atoms with Crippen LogP contribution in [-0.2, 0) is 52.4 Å². The summed E-state index contributed by atoms with van der Waals surface area (Å²) in [5, 5.41) is 0. The Morgan fingerprint density at radius 3 is 0.605 bits per heavy atom. The van der Waals surface area contributed by atoms with E-state index < -0.39 is 97.4 Å². The van der Waals surface area contributed by atoms with E-state index in [0.717, 1.165) is 0 Å². The van der Waals surface area contributed by atoms with Crippen molar-refractivity contribution < 1.29 is 118 Å². The van der Waals surface area contributed by atoms with E-state index in [1.54, 1.807) is 0 Å². The SMILES string of the molecule is COC1C(OC(=O)C(F)(F)F)C(OC(=O)C(F)(F)F)C(OC(=O)C(F)(F)F)C(OC(=O)C(F)(F)F)C1OC(=O)C(F)(F)F. The van der Waals surface area contributed by atoms with Crippen molar-refractivity contribution in [3.05, 3.63) is 0 Å². The molecule has 1 fully saturated rings. The smallest absolute Gasteiger partial charge is 0.449 e. The van der Waals surface area contributed by atoms with Crippen molar-refractivity contribution in [1.29, 1.82) is 0 Å². The van der Waals surface area contributed by atoms with E-state index in [1.165, 1.54) is 0 Å². The second-order valence-corrected chi connectivity index (χ2v) is 7.54. The number of ether oxygens (including phenoxy) is 6. The maximum atomic E-state index is 12.9. The van der Waals surface area contributed by atoms with Gasteiger partial charge in [0.1, 0.15) is 6.10 Å². The number of carbonyl (C=O) groups excluding carboxylic acids is 5. The van der Waals surface area contributed by atoms with Gasteiger partial charge in [-0.25, -0.2) is 24.0 Å². The Bertz CT molecular complexity index is 1010. The van der Waals surface area contributed by atoms with Crippen LogP contribution >= 0.6 is 0 Å². The fraction of sp³-hybridized carbons (Fsp3) is 0.706. The van der Waals surface area contributed by atoms with Crippen LogP contribution < -0.4 is 0 Å². The minimum atomic E-state index is -6.34. The molecule has 11 nitrogen and oxygen atoms in total. The molecule has 0 bridgehead atoms. The number of hydrogen-bond donors (Lipinski definition) is 0. The molecule has 0 aromatic heterocycles. The van der Waals surface area contributed by atoms with Crippen LogP contribution in [0.25, 0.3) is 0 Å². The first kappa shape index (κ1) is 37.3. The first-order valence-corrected chi connectivity index (χ1v) is 9.95. The normalized spacial score (nSPS) is 25.3. The maximum absolute atomic E-state index is 12.9. The van der Waals surface area contributed by atoms with Crippen molar-refractivity contribution in [2.75, 3.05) is 7.11 Å². The average Bonchev–Trinajstić information content (AvgIpc) is 2.79. The number of methoxy groups -OCH3 is 1. The molecule has 4 unspecified atom stereocenters. The number of carbonyl (C=O) groups is 5. The molecule has 0 spiro atoms. The summed E-state index contributed by atoms with van der Waals surface area (Å²) in [6.07, 6.45) is -53.8. The molecule has 0 aromatic rings. The predicted octanol–water partition coefficient (Wildman–Crippen LogP) is 2.39. The lowest BCUT2D eigenvalue weighted by molar-refractivity contribution is -0.290. The van der Waals surface area contributed by atoms with E-state index in [2.05, 4.69) is 28.4 Å². The van der Waals surface area contributed by atoms with Crippen molar-refractivity contribution in [2.24, 2.45) is 0 Å². The van der Waals surface area contributed by atoms with Gasteiger partial charge in [-0.3, -0.25) is 0 Å². The van der Waals surface area contributed by atoms with Crippen molar-refractivity contribution in [2.45, 2.75) is 67.5 Å². The third-order valence-corrected chi connectivity index (χ3v) is 4.59. The predicted molar refractivity (Wildman–Crippen MR) is 90.5 cm³/mol. The third-order valence-electron chi connectivity index (χ3n) is 4.59. The highest BCUT2D eigenvalue weighted by Gasteiger charge is 2.65. The number of halogens is 15. The van der Waals surface area contributed by atoms with E-state index in [4.69, 9.17) is 0 Å². The minimum absolute atomic E-state index is 0.112. The van der Waals surface area contributed by atoms with Gasteiger partial charge in [0.25, 0.3) is 0 Å². The maximum Gasteiger partial charge on any atom is 0.490 e. The summed E-state index contributed by atoms with van der Waals surface area (Å²) in [7, 11) is 0.112. The summed E-state index contributed by atoms with van der Waals surface area (Å²) in [4.78, 5) is 57.1. The third kappa shape index (κ3) is 9.63. The first-order valence-electron chi connectivity index (χ1n) is 9.95. The van der Waals surface area contributed by atoms with Crippen molar-refractivity contribution >= 4 is 29.8 Å². The Labute approximate surface area is 224 Å². The standard InChI is InChI=1S/C17H9F15O11/c1-38-2-3(39-8(33)13(18,19)20)5(41-10(35)15(24,25)26)7(43-12(37)17(30,31)32)6(42-11(36)16(27,28)29)4(2)40-9(34)14(21,22)23/h2-7H,1H3. The first-order chi connectivity index (χ1) is 19.0. The molecule has 0 aliphatic heterocycles. The molecule has 4 atom stereocenters. The lowest BCUT2D eigenvalue weighted by Crippen LogP contribution is -2.70. The zero-order chi connectivity index (χ0) is 34.1. The summed E-state index contributed by atoms with van der Waals surface area (Å²) in [5.41, 5.74) is 0. The molecule has 0 saturated heterocycles. The second kappa shape index (κ2) is 12.5. The van der Waals surface area contributed by atoms with E-state index in [9.17, 15) is 89.8 Å². The Morgan fingerprint density at radius 2 is 0.488 bits per heavy atom. The van der Waals surface area contributed by atoms with E-state index in [0.29, 0.717) is 0 Å². The molecule has 0 heterocycles. The fourth-order valence-electron chi connectivity index (χ4n) is 3.01. The molecule has 1 saturated carbocycles. The molecule has 1 rings (SSSR count). The highest BCUT2D eigenvalue weighted by molar-refractivity contribution is 5.79. The highest BCUT2D eigenvalue weighted by atomic mass is 19.4. The van der Waals surface area contributed by atoms with Crippen LogP contribution in [0.1, 0.15) is 0 Å². The van der Waals surface area contributed by atoms with Crippen LogP contribution in [0.5, 0.6) is 0 Å². The lowest BCUT2D eigenvalue weighted by Gasteiger charge is -2.47. The number of rotatable bonds is 6. The molecular formula is C17H9F15O11. The van der Waals surface area contributed by atoms with Gasteiger partial charge in [0, 0.05) is 7.11 Å². The largest absolute Gasteiger partial charge is 0.490 e. The Kier molecular flexibility index (Phi) is 10.8. The zero-order valence-electron chi connectivity index (χ0n) is 19.6. The molecule has 43 heavy (non-hydrogen) atoms. The van der Waals surface area contributed by atoms with Crippen LogP contribution in [0.4, 0.5) is 65.9 Å². The van der Waals surface area contributed by atoms with Gasteiger partial charge in [0.15, 0.2) is 30.5 Å². The molecule has 248 valence electrons. The lowest BCUT2D eigenvalue weighted by atomic mass is 9.83. The minimum Gasteiger partial charge on any atom is -0.449 e. The summed E-state index contributed by atoms with van der Waals surface area (Å²) < 4.78 is 215. The molecule has 1 aliphatic rings. The number of hydrogen-bond acceptors (Lipinski definition) is 11. The highest BCUT2D eigenvalue weighted by Crippen LogP contribution is 2.38. The van der Waals surface area contributed by atoms with Crippen LogP contribution in [0, 0.1) is 0 Å². The second-order valence-electron chi connectivity index (χ2n) is 7.54. The van der Waals surface area contributed by atoms with Crippen LogP contribution in [0.3, 0.4) is 0 Å². The summed E-state index contributed by atoms with van der Waals surface area (Å²) >= 11 is 0. The summed E-state index contributed by atoms with van der Waals surface area (Å²) in [5.74, 6) is -18.2. The van der Waals surface area contributed by atoms with Crippen LogP contribution in [0.2, 0.25) is 0 Å². The van der Waals surface area contributed by atoms with Crippen molar-refractivity contribution in [1.82, 2.24) is 0 Å². The van der Waals surface area contributed by atoms with E-state index >= 15 is 0 Å². The van der Waals surface area contributed by atoms with E-state index in [-0.39, 0.29) is 7.11 Å². The Morgan fingerprint density at radius 1 is 0.349 bits per heavy atom. The zero-order valence-corrected chi connectivity index (χ0v) is 19.6. The number of alkyl halides is 15. The van der Waals surface area contributed by atoms with Crippen LogP contribution in [0.15, 0.2) is 0 Å². The van der Waals surface area contributed by atoms with Gasteiger partial charge in [-0.05, 0) is 0 Å². The molecule has 0 radical (unpaired) electrons.